The van der Waals surface area contributed by atoms with Gasteiger partial charge in [0.2, 0.25) is 0 Å². The van der Waals surface area contributed by atoms with E-state index in [2.05, 4.69) is 9.97 Å². The Kier molecular flexibility index (Phi) is 4.24. The number of hydrogen-bond donors (Lipinski definition) is 0. The second-order valence-corrected chi connectivity index (χ2v) is 5.68. The molecule has 0 unspecified atom stereocenters. The molecule has 0 aromatic carbocycles. The molecule has 4 nitrogen and oxygen atoms in total. The smallest absolute Gasteiger partial charge is 0.143 e. The van der Waals surface area contributed by atoms with Crippen LogP contribution in [0.15, 0.2) is 24.8 Å². The number of hydrogen-bond acceptors (Lipinski definition) is 3. The van der Waals surface area contributed by atoms with Crippen molar-refractivity contribution in [3.8, 4) is 11.4 Å². The van der Waals surface area contributed by atoms with Gasteiger partial charge in [0.1, 0.15) is 5.82 Å². The number of imidazole rings is 1. The first-order valence-electron chi connectivity index (χ1n) is 6.68. The van der Waals surface area contributed by atoms with Gasteiger partial charge >= 0.3 is 0 Å². The minimum atomic E-state index is 0.232. The van der Waals surface area contributed by atoms with Gasteiger partial charge in [-0.2, -0.15) is 0 Å². The third-order valence-corrected chi connectivity index (χ3v) is 4.04. The SMILES string of the molecule is Clc1cncc(Cl)c1-c1nccn1C[C@H]1CCCCO1. The van der Waals surface area contributed by atoms with Crippen LogP contribution in [-0.2, 0) is 11.3 Å². The van der Waals surface area contributed by atoms with E-state index in [4.69, 9.17) is 27.9 Å². The van der Waals surface area contributed by atoms with Crippen molar-refractivity contribution in [3.63, 3.8) is 0 Å². The zero-order valence-corrected chi connectivity index (χ0v) is 12.4. The maximum atomic E-state index is 6.20. The lowest BCUT2D eigenvalue weighted by Crippen LogP contribution is -2.24. The van der Waals surface area contributed by atoms with Gasteiger partial charge in [0, 0.05) is 31.4 Å². The summed E-state index contributed by atoms with van der Waals surface area (Å²) in [5.74, 6) is 0.761. The standard InChI is InChI=1S/C14H15Cl2N3O/c15-11-7-17-8-12(16)13(11)14-18-4-5-19(14)9-10-3-1-2-6-20-10/h4-5,7-8,10H,1-3,6,9H2/t10-/m1/s1. The fourth-order valence-electron chi connectivity index (χ4n) is 2.48. The van der Waals surface area contributed by atoms with Crippen LogP contribution in [0.25, 0.3) is 11.4 Å². The largest absolute Gasteiger partial charge is 0.376 e. The number of pyridine rings is 1. The van der Waals surface area contributed by atoms with Crippen LogP contribution < -0.4 is 0 Å². The van der Waals surface area contributed by atoms with Gasteiger partial charge in [-0.05, 0) is 19.3 Å². The summed E-state index contributed by atoms with van der Waals surface area (Å²) in [6, 6.07) is 0. The van der Waals surface area contributed by atoms with Crippen molar-refractivity contribution in [2.45, 2.75) is 31.9 Å². The van der Waals surface area contributed by atoms with Crippen LogP contribution in [0.1, 0.15) is 19.3 Å². The molecule has 1 fully saturated rings. The molecule has 0 aliphatic carbocycles. The number of ether oxygens (including phenoxy) is 1. The zero-order valence-electron chi connectivity index (χ0n) is 10.9. The van der Waals surface area contributed by atoms with Crippen molar-refractivity contribution in [2.24, 2.45) is 0 Å². The van der Waals surface area contributed by atoms with Crippen LogP contribution in [0.4, 0.5) is 0 Å². The molecule has 0 N–H and O–H groups in total. The Bertz CT molecular complexity index is 574. The van der Waals surface area contributed by atoms with Crippen LogP contribution >= 0.6 is 23.2 Å². The zero-order chi connectivity index (χ0) is 13.9. The summed E-state index contributed by atoms with van der Waals surface area (Å²) in [5, 5.41) is 1.02. The lowest BCUT2D eigenvalue weighted by atomic mass is 10.1. The van der Waals surface area contributed by atoms with Gasteiger partial charge in [-0.1, -0.05) is 23.2 Å². The van der Waals surface area contributed by atoms with E-state index in [1.54, 1.807) is 18.6 Å². The van der Waals surface area contributed by atoms with Gasteiger partial charge in [-0.25, -0.2) is 4.98 Å². The highest BCUT2D eigenvalue weighted by Gasteiger charge is 2.19. The molecule has 0 bridgehead atoms. The summed E-state index contributed by atoms with van der Waals surface area (Å²) >= 11 is 12.4. The van der Waals surface area contributed by atoms with Crippen molar-refractivity contribution in [1.29, 1.82) is 0 Å². The van der Waals surface area contributed by atoms with Gasteiger partial charge in [0.05, 0.1) is 28.3 Å². The predicted molar refractivity (Wildman–Crippen MR) is 79.1 cm³/mol. The number of halogens is 2. The molecule has 3 heterocycles. The topological polar surface area (TPSA) is 39.9 Å². The predicted octanol–water partition coefficient (Wildman–Crippen LogP) is 3.82. The normalized spacial score (nSPS) is 19.2. The van der Waals surface area contributed by atoms with Crippen molar-refractivity contribution in [2.75, 3.05) is 6.61 Å². The molecule has 20 heavy (non-hydrogen) atoms. The van der Waals surface area contributed by atoms with Crippen LogP contribution in [0, 0.1) is 0 Å². The maximum Gasteiger partial charge on any atom is 0.143 e. The Balaban J connectivity index is 1.89. The molecule has 3 rings (SSSR count). The Hall–Kier alpha value is -1.10. The minimum absolute atomic E-state index is 0.232. The van der Waals surface area contributed by atoms with Crippen LogP contribution in [-0.4, -0.2) is 27.2 Å². The van der Waals surface area contributed by atoms with Gasteiger partial charge in [0.15, 0.2) is 0 Å². The molecule has 1 atom stereocenters. The number of nitrogens with zero attached hydrogens (tertiary/aromatic N) is 3. The van der Waals surface area contributed by atoms with E-state index in [-0.39, 0.29) is 6.10 Å². The second-order valence-electron chi connectivity index (χ2n) is 4.87. The summed E-state index contributed by atoms with van der Waals surface area (Å²) in [6.07, 6.45) is 10.5. The molecule has 2 aromatic heterocycles. The van der Waals surface area contributed by atoms with Crippen molar-refractivity contribution < 1.29 is 4.74 Å². The fourth-order valence-corrected chi connectivity index (χ4v) is 3.01. The first kappa shape index (κ1) is 13.9. The van der Waals surface area contributed by atoms with Gasteiger partial charge in [-0.3, -0.25) is 4.98 Å². The molecule has 0 saturated carbocycles. The lowest BCUT2D eigenvalue weighted by molar-refractivity contribution is 0.00624. The highest BCUT2D eigenvalue weighted by molar-refractivity contribution is 6.38. The summed E-state index contributed by atoms with van der Waals surface area (Å²) in [6.45, 7) is 1.61. The van der Waals surface area contributed by atoms with E-state index in [1.807, 2.05) is 10.8 Å². The van der Waals surface area contributed by atoms with Crippen molar-refractivity contribution in [1.82, 2.24) is 14.5 Å². The quantitative estimate of drug-likeness (QED) is 0.865. The third-order valence-electron chi connectivity index (χ3n) is 3.47. The van der Waals surface area contributed by atoms with E-state index < -0.39 is 0 Å². The van der Waals surface area contributed by atoms with Gasteiger partial charge in [-0.15, -0.1) is 0 Å². The summed E-state index contributed by atoms with van der Waals surface area (Å²) < 4.78 is 7.82. The monoisotopic (exact) mass is 311 g/mol. The molecule has 2 aromatic rings. The average molecular weight is 312 g/mol. The van der Waals surface area contributed by atoms with Gasteiger partial charge < -0.3 is 9.30 Å². The van der Waals surface area contributed by atoms with Crippen molar-refractivity contribution in [3.05, 3.63) is 34.8 Å². The first-order valence-corrected chi connectivity index (χ1v) is 7.43. The molecular formula is C14H15Cl2N3O. The Morgan fingerprint density at radius 2 is 2.05 bits per heavy atom. The van der Waals surface area contributed by atoms with Crippen molar-refractivity contribution >= 4 is 23.2 Å². The molecule has 1 aliphatic heterocycles. The Morgan fingerprint density at radius 1 is 1.25 bits per heavy atom. The molecule has 106 valence electrons. The maximum absolute atomic E-state index is 6.20. The summed E-state index contributed by atoms with van der Waals surface area (Å²) in [4.78, 5) is 8.36. The summed E-state index contributed by atoms with van der Waals surface area (Å²) in [7, 11) is 0. The van der Waals surface area contributed by atoms with E-state index in [0.717, 1.165) is 37.4 Å². The second kappa shape index (κ2) is 6.12. The molecule has 1 aliphatic rings. The Labute approximate surface area is 127 Å². The molecule has 1 saturated heterocycles. The van der Waals surface area contributed by atoms with E-state index in [1.165, 1.54) is 6.42 Å². The highest BCUT2D eigenvalue weighted by atomic mass is 35.5. The fraction of sp³-hybridized carbons (Fsp3) is 0.429. The van der Waals surface area contributed by atoms with E-state index in [9.17, 15) is 0 Å². The van der Waals surface area contributed by atoms with E-state index >= 15 is 0 Å². The lowest BCUT2D eigenvalue weighted by Gasteiger charge is -2.23. The molecule has 0 amide bonds. The number of aromatic nitrogens is 3. The first-order chi connectivity index (χ1) is 9.75. The molecule has 0 radical (unpaired) electrons. The molecular weight excluding hydrogens is 297 g/mol. The molecule has 6 heteroatoms. The van der Waals surface area contributed by atoms with Gasteiger partial charge in [0.25, 0.3) is 0 Å². The van der Waals surface area contributed by atoms with Crippen LogP contribution in [0.5, 0.6) is 0 Å². The highest BCUT2D eigenvalue weighted by Crippen LogP contribution is 2.33. The van der Waals surface area contributed by atoms with Crippen LogP contribution in [0.2, 0.25) is 10.0 Å². The number of rotatable bonds is 3. The summed E-state index contributed by atoms with van der Waals surface area (Å²) in [5.41, 5.74) is 0.726. The molecule has 0 spiro atoms. The van der Waals surface area contributed by atoms with Crippen LogP contribution in [0.3, 0.4) is 0 Å². The van der Waals surface area contributed by atoms with E-state index in [0.29, 0.717) is 10.0 Å². The minimum Gasteiger partial charge on any atom is -0.376 e. The third kappa shape index (κ3) is 2.82. The average Bonchev–Trinajstić information content (AvgIpc) is 2.88. The Morgan fingerprint density at radius 3 is 2.75 bits per heavy atom.